The van der Waals surface area contributed by atoms with Crippen molar-refractivity contribution in [1.29, 1.82) is 5.26 Å². The van der Waals surface area contributed by atoms with Crippen LogP contribution in [0.5, 0.6) is 5.75 Å². The molecule has 5 heteroatoms. The van der Waals surface area contributed by atoms with Crippen molar-refractivity contribution in [3.05, 3.63) is 90.0 Å². The minimum atomic E-state index is -1.57. The lowest BCUT2D eigenvalue weighted by Crippen LogP contribution is -2.52. The summed E-state index contributed by atoms with van der Waals surface area (Å²) < 4.78 is 5.23. The smallest absolute Gasteiger partial charge is 0.216 e. The Kier molecular flexibility index (Phi) is 4.11. The molecule has 3 aromatic rings. The van der Waals surface area contributed by atoms with Crippen LogP contribution < -0.4 is 9.64 Å². The topological polar surface area (TPSA) is 68.8 Å². The van der Waals surface area contributed by atoms with Crippen molar-refractivity contribution in [2.24, 2.45) is 4.99 Å². The maximum atomic E-state index is 12.0. The molecule has 0 fully saturated rings. The maximum absolute atomic E-state index is 12.0. The molecular formula is C22H17N3O2. The zero-order valence-corrected chi connectivity index (χ0v) is 14.7. The maximum Gasteiger partial charge on any atom is 0.216 e. The zero-order valence-electron chi connectivity index (χ0n) is 14.7. The van der Waals surface area contributed by atoms with E-state index in [9.17, 15) is 10.4 Å². The molecule has 0 amide bonds. The van der Waals surface area contributed by atoms with Crippen LogP contribution in [0, 0.1) is 11.3 Å². The van der Waals surface area contributed by atoms with Crippen LogP contribution in [0.15, 0.2) is 83.9 Å². The Morgan fingerprint density at radius 3 is 2.30 bits per heavy atom. The summed E-state index contributed by atoms with van der Waals surface area (Å²) in [4.78, 5) is 6.04. The van der Waals surface area contributed by atoms with Gasteiger partial charge in [0.05, 0.1) is 12.8 Å². The van der Waals surface area contributed by atoms with E-state index < -0.39 is 5.72 Å². The number of anilines is 1. The minimum absolute atomic E-state index is 0.116. The van der Waals surface area contributed by atoms with E-state index in [1.54, 1.807) is 42.3 Å². The summed E-state index contributed by atoms with van der Waals surface area (Å²) in [6.45, 7) is 0. The first-order valence-corrected chi connectivity index (χ1v) is 8.49. The molecule has 0 aromatic heterocycles. The number of amidine groups is 1. The molecule has 1 N–H and O–H groups in total. The summed E-state index contributed by atoms with van der Waals surface area (Å²) in [5, 5.41) is 21.8. The quantitative estimate of drug-likeness (QED) is 0.772. The molecule has 0 spiro atoms. The summed E-state index contributed by atoms with van der Waals surface area (Å²) in [5.74, 6) is 0.806. The van der Waals surface area contributed by atoms with Crippen LogP contribution in [0.1, 0.15) is 11.1 Å². The number of aliphatic hydroxyl groups is 1. The lowest BCUT2D eigenvalue weighted by molar-refractivity contribution is 0.0904. The molecule has 0 aliphatic carbocycles. The molecule has 0 saturated carbocycles. The highest BCUT2D eigenvalue weighted by atomic mass is 16.5. The number of rotatable bonds is 3. The largest absolute Gasteiger partial charge is 0.497 e. The molecule has 4 rings (SSSR count). The highest BCUT2D eigenvalue weighted by Gasteiger charge is 2.45. The number of methoxy groups -OCH3 is 1. The second kappa shape index (κ2) is 6.60. The highest BCUT2D eigenvalue weighted by molar-refractivity contribution is 6.12. The molecule has 1 atom stereocenters. The van der Waals surface area contributed by atoms with E-state index in [-0.39, 0.29) is 5.84 Å². The molecule has 0 saturated heterocycles. The van der Waals surface area contributed by atoms with Gasteiger partial charge in [-0.05, 0) is 30.3 Å². The number of nitriles is 1. The van der Waals surface area contributed by atoms with Gasteiger partial charge < -0.3 is 9.84 Å². The lowest BCUT2D eigenvalue weighted by Gasteiger charge is -2.43. The van der Waals surface area contributed by atoms with Crippen molar-refractivity contribution in [3.63, 3.8) is 0 Å². The third-order valence-corrected chi connectivity index (χ3v) is 4.65. The Morgan fingerprint density at radius 1 is 0.963 bits per heavy atom. The van der Waals surface area contributed by atoms with Crippen LogP contribution in [0.2, 0.25) is 0 Å². The van der Waals surface area contributed by atoms with Crippen LogP contribution in [0.4, 0.5) is 11.4 Å². The predicted octanol–water partition coefficient (Wildman–Crippen LogP) is 3.96. The van der Waals surface area contributed by atoms with Crippen molar-refractivity contribution in [1.82, 2.24) is 0 Å². The van der Waals surface area contributed by atoms with Gasteiger partial charge in [-0.2, -0.15) is 5.26 Å². The van der Waals surface area contributed by atoms with Gasteiger partial charge in [-0.3, -0.25) is 4.90 Å². The highest BCUT2D eigenvalue weighted by Crippen LogP contribution is 2.44. The van der Waals surface area contributed by atoms with E-state index in [2.05, 4.69) is 11.1 Å². The number of hydrogen-bond acceptors (Lipinski definition) is 5. The van der Waals surface area contributed by atoms with Gasteiger partial charge in [0.1, 0.15) is 11.8 Å². The first kappa shape index (κ1) is 16.8. The first-order chi connectivity index (χ1) is 13.2. The third kappa shape index (κ3) is 2.64. The summed E-state index contributed by atoms with van der Waals surface area (Å²) >= 11 is 0. The fourth-order valence-electron chi connectivity index (χ4n) is 3.37. The van der Waals surface area contributed by atoms with Crippen molar-refractivity contribution in [2.75, 3.05) is 12.0 Å². The molecule has 1 aliphatic heterocycles. The van der Waals surface area contributed by atoms with Gasteiger partial charge in [0.15, 0.2) is 5.72 Å². The molecule has 1 unspecified atom stereocenters. The van der Waals surface area contributed by atoms with Crippen LogP contribution in [-0.2, 0) is 5.72 Å². The monoisotopic (exact) mass is 355 g/mol. The molecule has 5 nitrogen and oxygen atoms in total. The van der Waals surface area contributed by atoms with Gasteiger partial charge in [-0.15, -0.1) is 0 Å². The minimum Gasteiger partial charge on any atom is -0.497 e. The van der Waals surface area contributed by atoms with E-state index in [0.29, 0.717) is 28.3 Å². The van der Waals surface area contributed by atoms with E-state index >= 15 is 0 Å². The normalized spacial score (nSPS) is 18.3. The number of fused-ring (bicyclic) bond motifs is 1. The van der Waals surface area contributed by atoms with Crippen LogP contribution in [-0.4, -0.2) is 18.1 Å². The van der Waals surface area contributed by atoms with Gasteiger partial charge in [0.2, 0.25) is 5.84 Å². The average Bonchev–Trinajstić information content (AvgIpc) is 2.74. The molecule has 27 heavy (non-hydrogen) atoms. The number of benzene rings is 3. The zero-order chi connectivity index (χ0) is 18.9. The van der Waals surface area contributed by atoms with Crippen molar-refractivity contribution >= 4 is 17.2 Å². The fraction of sp³-hybridized carbons (Fsp3) is 0.0909. The standard InChI is InChI=1S/C22H17N3O2/c1-27-18-13-11-17(12-14-18)25-21(15-23)24-20-10-6-5-9-19(20)22(25,26)16-7-3-2-4-8-16/h2-14,26H,1H3. The SMILES string of the molecule is COc1ccc(N2C(C#N)=Nc3ccccc3C2(O)c2ccccc2)cc1. The first-order valence-electron chi connectivity index (χ1n) is 8.49. The number of aliphatic imine (C=N–C) groups is 1. The number of hydrogen-bond donors (Lipinski definition) is 1. The summed E-state index contributed by atoms with van der Waals surface area (Å²) in [6.07, 6.45) is 0. The molecular weight excluding hydrogens is 338 g/mol. The number of ether oxygens (including phenoxy) is 1. The van der Waals surface area contributed by atoms with Gasteiger partial charge in [0.25, 0.3) is 0 Å². The third-order valence-electron chi connectivity index (χ3n) is 4.65. The molecule has 1 heterocycles. The van der Waals surface area contributed by atoms with E-state index in [0.717, 1.165) is 0 Å². The van der Waals surface area contributed by atoms with Gasteiger partial charge in [-0.1, -0.05) is 48.5 Å². The van der Waals surface area contributed by atoms with Gasteiger partial charge >= 0.3 is 0 Å². The average molecular weight is 355 g/mol. The van der Waals surface area contributed by atoms with Gasteiger partial charge in [-0.25, -0.2) is 4.99 Å². The molecule has 3 aromatic carbocycles. The molecule has 0 bridgehead atoms. The summed E-state index contributed by atoms with van der Waals surface area (Å²) in [7, 11) is 1.59. The molecule has 132 valence electrons. The molecule has 0 radical (unpaired) electrons. The number of nitrogens with zero attached hydrogens (tertiary/aromatic N) is 3. The van der Waals surface area contributed by atoms with Crippen LogP contribution in [0.25, 0.3) is 0 Å². The summed E-state index contributed by atoms with van der Waals surface area (Å²) in [6, 6.07) is 25.9. The number of para-hydroxylation sites is 1. The Balaban J connectivity index is 2.00. The van der Waals surface area contributed by atoms with Crippen LogP contribution in [0.3, 0.4) is 0 Å². The van der Waals surface area contributed by atoms with Crippen molar-refractivity contribution in [3.8, 4) is 11.8 Å². The second-order valence-corrected chi connectivity index (χ2v) is 6.14. The Morgan fingerprint density at radius 2 is 1.63 bits per heavy atom. The predicted molar refractivity (Wildman–Crippen MR) is 104 cm³/mol. The van der Waals surface area contributed by atoms with Crippen molar-refractivity contribution < 1.29 is 9.84 Å². The Labute approximate surface area is 157 Å². The van der Waals surface area contributed by atoms with E-state index in [1.807, 2.05) is 48.5 Å². The second-order valence-electron chi connectivity index (χ2n) is 6.14. The lowest BCUT2D eigenvalue weighted by atomic mass is 9.89. The van der Waals surface area contributed by atoms with E-state index in [1.165, 1.54) is 0 Å². The Bertz CT molecular complexity index is 1040. The van der Waals surface area contributed by atoms with Gasteiger partial charge in [0, 0.05) is 16.8 Å². The fourth-order valence-corrected chi connectivity index (χ4v) is 3.37. The van der Waals surface area contributed by atoms with Crippen molar-refractivity contribution in [2.45, 2.75) is 5.72 Å². The molecule has 1 aliphatic rings. The van der Waals surface area contributed by atoms with Crippen LogP contribution >= 0.6 is 0 Å². The summed E-state index contributed by atoms with van der Waals surface area (Å²) in [5.41, 5.74) is 0.906. The van der Waals surface area contributed by atoms with E-state index in [4.69, 9.17) is 4.74 Å². The Hall–Kier alpha value is -3.62.